The average Bonchev–Trinajstić information content (AvgIpc) is 3.31. The van der Waals surface area contributed by atoms with Gasteiger partial charge in [-0.1, -0.05) is 19.1 Å². The topological polar surface area (TPSA) is 107 Å². The predicted molar refractivity (Wildman–Crippen MR) is 134 cm³/mol. The Morgan fingerprint density at radius 2 is 2.09 bits per heavy atom. The lowest BCUT2D eigenvalue weighted by Crippen LogP contribution is -2.20. The van der Waals surface area contributed by atoms with Crippen LogP contribution in [0.25, 0.3) is 11.3 Å². The molecular weight excluding hydrogens is 468 g/mol. The minimum Gasteiger partial charge on any atom is -0.492 e. The van der Waals surface area contributed by atoms with Crippen molar-refractivity contribution in [2.24, 2.45) is 0 Å². The molecule has 0 saturated heterocycles. The SMILES string of the molecule is CCS(=O)(=O)CCOc1ccc2cc1CN(C)C/C=C/COCc1cc(co1)-c1ccnc(n1)N2. The monoisotopic (exact) mass is 498 g/mol. The number of hydrogen-bond donors (Lipinski definition) is 1. The van der Waals surface area contributed by atoms with Crippen molar-refractivity contribution >= 4 is 21.5 Å². The summed E-state index contributed by atoms with van der Waals surface area (Å²) in [5, 5.41) is 3.26. The normalized spacial score (nSPS) is 16.1. The smallest absolute Gasteiger partial charge is 0.227 e. The van der Waals surface area contributed by atoms with Gasteiger partial charge in [0, 0.05) is 41.9 Å². The van der Waals surface area contributed by atoms with Gasteiger partial charge in [-0.3, -0.25) is 4.90 Å². The first kappa shape index (κ1) is 24.9. The van der Waals surface area contributed by atoms with E-state index in [0.29, 0.717) is 38.0 Å². The molecule has 4 rings (SSSR count). The zero-order valence-electron chi connectivity index (χ0n) is 19.9. The summed E-state index contributed by atoms with van der Waals surface area (Å²) in [4.78, 5) is 11.1. The molecule has 0 unspecified atom stereocenters. The zero-order valence-corrected chi connectivity index (χ0v) is 20.8. The Morgan fingerprint density at radius 3 is 2.94 bits per heavy atom. The van der Waals surface area contributed by atoms with Crippen molar-refractivity contribution < 1.29 is 22.3 Å². The lowest BCUT2D eigenvalue weighted by molar-refractivity contribution is 0.131. The molecule has 1 aromatic carbocycles. The Morgan fingerprint density at radius 1 is 1.20 bits per heavy atom. The molecule has 0 saturated carbocycles. The van der Waals surface area contributed by atoms with E-state index in [2.05, 4.69) is 20.2 Å². The minimum atomic E-state index is -3.10. The number of likely N-dealkylation sites (N-methyl/N-ethyl adjacent to an activating group) is 1. The van der Waals surface area contributed by atoms with Crippen LogP contribution in [-0.2, 0) is 27.7 Å². The van der Waals surface area contributed by atoms with Gasteiger partial charge in [-0.25, -0.2) is 18.4 Å². The number of furan rings is 1. The fourth-order valence-electron chi connectivity index (χ4n) is 3.55. The van der Waals surface area contributed by atoms with Gasteiger partial charge in [0.1, 0.15) is 31.0 Å². The van der Waals surface area contributed by atoms with E-state index in [4.69, 9.17) is 13.9 Å². The average molecular weight is 499 g/mol. The third kappa shape index (κ3) is 7.14. The number of sulfone groups is 1. The van der Waals surface area contributed by atoms with Crippen LogP contribution in [-0.4, -0.2) is 61.6 Å². The molecule has 1 aliphatic heterocycles. The van der Waals surface area contributed by atoms with Crippen LogP contribution < -0.4 is 10.1 Å². The van der Waals surface area contributed by atoms with Gasteiger partial charge in [0.15, 0.2) is 9.84 Å². The Bertz CT molecular complexity index is 1270. The third-order valence-electron chi connectivity index (χ3n) is 5.50. The molecule has 35 heavy (non-hydrogen) atoms. The van der Waals surface area contributed by atoms with E-state index < -0.39 is 9.84 Å². The van der Waals surface area contributed by atoms with Crippen LogP contribution in [0.15, 0.2) is 59.4 Å². The summed E-state index contributed by atoms with van der Waals surface area (Å²) in [6, 6.07) is 9.42. The van der Waals surface area contributed by atoms with E-state index in [9.17, 15) is 8.42 Å². The van der Waals surface area contributed by atoms with Crippen molar-refractivity contribution in [1.82, 2.24) is 14.9 Å². The van der Waals surface area contributed by atoms with Gasteiger partial charge in [0.2, 0.25) is 5.95 Å². The molecule has 0 fully saturated rings. The number of nitrogens with zero attached hydrogens (tertiary/aromatic N) is 3. The fraction of sp³-hybridized carbons (Fsp3) is 0.360. The number of benzene rings is 1. The highest BCUT2D eigenvalue weighted by Gasteiger charge is 2.13. The summed E-state index contributed by atoms with van der Waals surface area (Å²) in [7, 11) is -1.10. The Kier molecular flexibility index (Phi) is 8.17. The Hall–Kier alpha value is -3.21. The molecule has 3 heterocycles. The second kappa shape index (κ2) is 11.5. The molecule has 186 valence electrons. The quantitative estimate of drug-likeness (QED) is 0.526. The lowest BCUT2D eigenvalue weighted by Gasteiger charge is -2.19. The first-order chi connectivity index (χ1) is 16.9. The second-order valence-corrected chi connectivity index (χ2v) is 10.8. The number of ether oxygens (including phenoxy) is 2. The van der Waals surface area contributed by atoms with Crippen molar-refractivity contribution in [3.05, 3.63) is 66.3 Å². The van der Waals surface area contributed by atoms with Crippen molar-refractivity contribution in [1.29, 1.82) is 0 Å². The van der Waals surface area contributed by atoms with E-state index in [1.165, 1.54) is 0 Å². The van der Waals surface area contributed by atoms with Crippen molar-refractivity contribution in [3.8, 4) is 17.0 Å². The Balaban J connectivity index is 1.61. The van der Waals surface area contributed by atoms with Crippen molar-refractivity contribution in [2.45, 2.75) is 20.1 Å². The van der Waals surface area contributed by atoms with Crippen LogP contribution in [0.4, 0.5) is 11.6 Å². The van der Waals surface area contributed by atoms with E-state index in [-0.39, 0.29) is 18.1 Å². The van der Waals surface area contributed by atoms with Gasteiger partial charge >= 0.3 is 0 Å². The summed E-state index contributed by atoms with van der Waals surface area (Å²) in [5.74, 6) is 1.91. The molecule has 0 atom stereocenters. The molecule has 1 N–H and O–H groups in total. The van der Waals surface area contributed by atoms with Gasteiger partial charge in [0.25, 0.3) is 0 Å². The van der Waals surface area contributed by atoms with Crippen LogP contribution >= 0.6 is 0 Å². The molecule has 2 aromatic heterocycles. The van der Waals surface area contributed by atoms with E-state index >= 15 is 0 Å². The highest BCUT2D eigenvalue weighted by molar-refractivity contribution is 7.91. The molecule has 0 aliphatic carbocycles. The van der Waals surface area contributed by atoms with Crippen molar-refractivity contribution in [2.75, 3.05) is 43.6 Å². The molecule has 0 spiro atoms. The number of rotatable bonds is 5. The van der Waals surface area contributed by atoms with Gasteiger partial charge in [0.05, 0.1) is 18.1 Å². The van der Waals surface area contributed by atoms with Crippen LogP contribution in [0.3, 0.4) is 0 Å². The van der Waals surface area contributed by atoms with Gasteiger partial charge in [-0.05, 0) is 37.4 Å². The van der Waals surface area contributed by atoms with Gasteiger partial charge in [-0.2, -0.15) is 0 Å². The number of fused-ring (bicyclic) bond motifs is 7. The standard InChI is InChI=1S/C25H30N4O5S/c1-3-35(30,31)13-12-33-24-7-6-21-14-19(24)16-29(2)10-4-5-11-32-18-22-15-20(17-34-22)23-8-9-26-25(27-21)28-23/h4-9,14-15,17H,3,10-13,16,18H2,1-2H3,(H,26,27,28)/b5-4+. The molecule has 3 aromatic rings. The number of nitrogens with one attached hydrogen (secondary N) is 1. The molecule has 9 nitrogen and oxygen atoms in total. The van der Waals surface area contributed by atoms with Crippen molar-refractivity contribution in [3.63, 3.8) is 0 Å². The van der Waals surface area contributed by atoms with Gasteiger partial charge in [-0.15, -0.1) is 0 Å². The Labute approximate surface area is 205 Å². The second-order valence-electron chi connectivity index (χ2n) is 8.28. The van der Waals surface area contributed by atoms with E-state index in [0.717, 1.165) is 28.3 Å². The first-order valence-electron chi connectivity index (χ1n) is 11.5. The first-order valence-corrected chi connectivity index (χ1v) is 13.3. The molecule has 0 amide bonds. The molecule has 1 aliphatic rings. The van der Waals surface area contributed by atoms with Gasteiger partial charge < -0.3 is 19.2 Å². The molecule has 6 bridgehead atoms. The summed E-state index contributed by atoms with van der Waals surface area (Å²) in [5.41, 5.74) is 3.30. The summed E-state index contributed by atoms with van der Waals surface area (Å²) in [6.45, 7) is 3.90. The maximum absolute atomic E-state index is 11.9. The van der Waals surface area contributed by atoms with Crippen LogP contribution in [0.1, 0.15) is 18.2 Å². The zero-order chi connectivity index (χ0) is 24.7. The largest absolute Gasteiger partial charge is 0.492 e. The third-order valence-corrected chi connectivity index (χ3v) is 7.16. The number of anilines is 2. The van der Waals surface area contributed by atoms with E-state index in [1.54, 1.807) is 19.4 Å². The number of hydrogen-bond acceptors (Lipinski definition) is 9. The maximum atomic E-state index is 11.9. The predicted octanol–water partition coefficient (Wildman–Crippen LogP) is 3.81. The maximum Gasteiger partial charge on any atom is 0.227 e. The molecule has 0 radical (unpaired) electrons. The summed E-state index contributed by atoms with van der Waals surface area (Å²) >= 11 is 0. The summed E-state index contributed by atoms with van der Waals surface area (Å²) in [6.07, 6.45) is 7.38. The minimum absolute atomic E-state index is 0.0160. The van der Waals surface area contributed by atoms with E-state index in [1.807, 2.05) is 49.5 Å². The highest BCUT2D eigenvalue weighted by Crippen LogP contribution is 2.27. The van der Waals surface area contributed by atoms with Crippen LogP contribution in [0.2, 0.25) is 0 Å². The fourth-order valence-corrected chi connectivity index (χ4v) is 4.18. The number of aromatic nitrogens is 2. The lowest BCUT2D eigenvalue weighted by atomic mass is 10.1. The van der Waals surface area contributed by atoms with Crippen LogP contribution in [0.5, 0.6) is 5.75 Å². The summed E-state index contributed by atoms with van der Waals surface area (Å²) < 4.78 is 40.9. The molecular formula is C25H30N4O5S. The molecule has 10 heteroatoms. The van der Waals surface area contributed by atoms with Crippen LogP contribution in [0, 0.1) is 0 Å². The highest BCUT2D eigenvalue weighted by atomic mass is 32.2.